The van der Waals surface area contributed by atoms with Crippen LogP contribution < -0.4 is 15.5 Å². The summed E-state index contributed by atoms with van der Waals surface area (Å²) in [7, 11) is 0. The highest BCUT2D eigenvalue weighted by Gasteiger charge is 2.19. The van der Waals surface area contributed by atoms with Crippen LogP contribution in [-0.2, 0) is 11.2 Å². The maximum atomic E-state index is 13.4. The van der Waals surface area contributed by atoms with E-state index in [4.69, 9.17) is 9.72 Å². The Morgan fingerprint density at radius 2 is 1.71 bits per heavy atom. The lowest BCUT2D eigenvalue weighted by atomic mass is 10.0. The first kappa shape index (κ1) is 21.7. The number of halogens is 3. The average Bonchev–Trinajstić information content (AvgIpc) is 3.32. The summed E-state index contributed by atoms with van der Waals surface area (Å²) < 4.78 is 45.5. The quantitative estimate of drug-likeness (QED) is 0.595. The third-order valence-electron chi connectivity index (χ3n) is 5.97. The number of nitrogens with zero attached hydrogens (tertiary/aromatic N) is 2. The van der Waals surface area contributed by atoms with Crippen LogP contribution in [-0.4, -0.2) is 44.4 Å². The van der Waals surface area contributed by atoms with Crippen LogP contribution in [0.5, 0.6) is 0 Å². The summed E-state index contributed by atoms with van der Waals surface area (Å²) in [5.41, 5.74) is 1.30. The van der Waals surface area contributed by atoms with Gasteiger partial charge >= 0.3 is 0 Å². The molecule has 2 aromatic rings. The van der Waals surface area contributed by atoms with Crippen molar-refractivity contribution in [3.63, 3.8) is 0 Å². The molecule has 2 aliphatic heterocycles. The van der Waals surface area contributed by atoms with Gasteiger partial charge in [0.1, 0.15) is 5.82 Å². The standard InChI is InChI=1S/C23H29F3N4O/c24-18-13-17(14-19(25)22(18)26)5-8-27-20-3-4-21(28-15-16-6-11-31-12-7-16)29-23(20)30-9-1-2-10-30/h3-4,13-14,16,27H,1-2,5-12,15H2,(H,28,29). The van der Waals surface area contributed by atoms with Crippen molar-refractivity contribution in [3.05, 3.63) is 47.3 Å². The number of hydrogen-bond acceptors (Lipinski definition) is 5. The number of nitrogens with one attached hydrogen (secondary N) is 2. The largest absolute Gasteiger partial charge is 0.382 e. The molecule has 0 atom stereocenters. The van der Waals surface area contributed by atoms with E-state index < -0.39 is 17.5 Å². The number of benzene rings is 1. The maximum absolute atomic E-state index is 13.4. The Kier molecular flexibility index (Phi) is 7.17. The van der Waals surface area contributed by atoms with Gasteiger partial charge in [-0.2, -0.15) is 0 Å². The van der Waals surface area contributed by atoms with Gasteiger partial charge < -0.3 is 20.3 Å². The van der Waals surface area contributed by atoms with Crippen LogP contribution in [0.3, 0.4) is 0 Å². The van der Waals surface area contributed by atoms with E-state index in [1.807, 2.05) is 12.1 Å². The molecule has 2 saturated heterocycles. The fourth-order valence-electron chi connectivity index (χ4n) is 4.15. The summed E-state index contributed by atoms with van der Waals surface area (Å²) >= 11 is 0. The SMILES string of the molecule is Fc1cc(CCNc2ccc(NCC3CCOCC3)nc2N2CCCC2)cc(F)c1F. The maximum Gasteiger partial charge on any atom is 0.194 e. The molecule has 2 fully saturated rings. The molecule has 31 heavy (non-hydrogen) atoms. The lowest BCUT2D eigenvalue weighted by Crippen LogP contribution is -2.24. The Balaban J connectivity index is 1.41. The van der Waals surface area contributed by atoms with Gasteiger partial charge in [-0.25, -0.2) is 18.2 Å². The Hall–Kier alpha value is -2.48. The molecular weight excluding hydrogens is 405 g/mol. The smallest absolute Gasteiger partial charge is 0.194 e. The van der Waals surface area contributed by atoms with Gasteiger partial charge in [0.05, 0.1) is 5.69 Å². The van der Waals surface area contributed by atoms with Gasteiger partial charge in [0.25, 0.3) is 0 Å². The number of anilines is 3. The van der Waals surface area contributed by atoms with E-state index in [1.165, 1.54) is 0 Å². The highest BCUT2D eigenvalue weighted by Crippen LogP contribution is 2.29. The molecule has 0 amide bonds. The molecule has 3 heterocycles. The van der Waals surface area contributed by atoms with Crippen LogP contribution in [0.4, 0.5) is 30.5 Å². The molecule has 4 rings (SSSR count). The number of ether oxygens (including phenoxy) is 1. The van der Waals surface area contributed by atoms with Gasteiger partial charge in [0.15, 0.2) is 23.3 Å². The number of pyridine rings is 1. The molecule has 2 N–H and O–H groups in total. The molecule has 1 aromatic carbocycles. The summed E-state index contributed by atoms with van der Waals surface area (Å²) in [6, 6.07) is 6.04. The summed E-state index contributed by atoms with van der Waals surface area (Å²) in [5, 5.41) is 6.80. The van der Waals surface area contributed by atoms with Crippen LogP contribution in [0.1, 0.15) is 31.2 Å². The Morgan fingerprint density at radius 3 is 2.42 bits per heavy atom. The van der Waals surface area contributed by atoms with Gasteiger partial charge in [0.2, 0.25) is 0 Å². The van der Waals surface area contributed by atoms with Gasteiger partial charge in [-0.05, 0) is 67.9 Å². The van der Waals surface area contributed by atoms with Crippen molar-refractivity contribution < 1.29 is 17.9 Å². The van der Waals surface area contributed by atoms with E-state index in [0.29, 0.717) is 24.4 Å². The molecule has 5 nitrogen and oxygen atoms in total. The number of aromatic nitrogens is 1. The highest BCUT2D eigenvalue weighted by atomic mass is 19.2. The first-order valence-corrected chi connectivity index (χ1v) is 11.0. The van der Waals surface area contributed by atoms with Crippen molar-refractivity contribution >= 4 is 17.3 Å². The number of hydrogen-bond donors (Lipinski definition) is 2. The van der Waals surface area contributed by atoms with Crippen molar-refractivity contribution in [2.24, 2.45) is 5.92 Å². The van der Waals surface area contributed by atoms with Gasteiger partial charge in [-0.15, -0.1) is 0 Å². The van der Waals surface area contributed by atoms with E-state index in [2.05, 4.69) is 15.5 Å². The first-order valence-electron chi connectivity index (χ1n) is 11.0. The second-order valence-electron chi connectivity index (χ2n) is 8.25. The zero-order chi connectivity index (χ0) is 21.6. The van der Waals surface area contributed by atoms with E-state index in [1.54, 1.807) is 0 Å². The van der Waals surface area contributed by atoms with E-state index in [9.17, 15) is 13.2 Å². The Labute approximate surface area is 181 Å². The molecule has 1 aromatic heterocycles. The number of rotatable bonds is 8. The lowest BCUT2D eigenvalue weighted by Gasteiger charge is -2.24. The molecule has 2 aliphatic rings. The fraction of sp³-hybridized carbons (Fsp3) is 0.522. The Morgan fingerprint density at radius 1 is 1.00 bits per heavy atom. The topological polar surface area (TPSA) is 49.4 Å². The van der Waals surface area contributed by atoms with Crippen LogP contribution in [0.2, 0.25) is 0 Å². The predicted octanol–water partition coefficient (Wildman–Crippen LogP) is 4.59. The van der Waals surface area contributed by atoms with Gasteiger partial charge in [0, 0.05) is 39.4 Å². The lowest BCUT2D eigenvalue weighted by molar-refractivity contribution is 0.0699. The van der Waals surface area contributed by atoms with E-state index in [-0.39, 0.29) is 0 Å². The zero-order valence-electron chi connectivity index (χ0n) is 17.6. The minimum atomic E-state index is -1.43. The second kappa shape index (κ2) is 10.2. The van der Waals surface area contributed by atoms with Crippen molar-refractivity contribution in [2.45, 2.75) is 32.1 Å². The summed E-state index contributed by atoms with van der Waals surface area (Å²) in [4.78, 5) is 7.12. The van der Waals surface area contributed by atoms with Crippen molar-refractivity contribution in [1.29, 1.82) is 0 Å². The first-order chi connectivity index (χ1) is 15.1. The molecule has 8 heteroatoms. The molecule has 0 aliphatic carbocycles. The van der Waals surface area contributed by atoms with Gasteiger partial charge in [-0.1, -0.05) is 0 Å². The third kappa shape index (κ3) is 5.61. The van der Waals surface area contributed by atoms with Crippen LogP contribution >= 0.6 is 0 Å². The molecule has 0 unspecified atom stereocenters. The highest BCUT2D eigenvalue weighted by molar-refractivity contribution is 5.69. The van der Waals surface area contributed by atoms with Crippen molar-refractivity contribution in [3.8, 4) is 0 Å². The molecule has 0 spiro atoms. The van der Waals surface area contributed by atoms with Crippen LogP contribution in [0.15, 0.2) is 24.3 Å². The molecule has 168 valence electrons. The van der Waals surface area contributed by atoms with Gasteiger partial charge in [-0.3, -0.25) is 0 Å². The molecular formula is C23H29F3N4O. The zero-order valence-corrected chi connectivity index (χ0v) is 17.6. The normalized spacial score (nSPS) is 17.2. The summed E-state index contributed by atoms with van der Waals surface area (Å²) in [6.45, 7) is 4.90. The summed E-state index contributed by atoms with van der Waals surface area (Å²) in [6.07, 6.45) is 4.77. The van der Waals surface area contributed by atoms with Crippen LogP contribution in [0, 0.1) is 23.4 Å². The molecule has 0 radical (unpaired) electrons. The molecule has 0 saturated carbocycles. The van der Waals surface area contributed by atoms with Crippen molar-refractivity contribution in [2.75, 3.05) is 54.9 Å². The minimum Gasteiger partial charge on any atom is -0.382 e. The third-order valence-corrected chi connectivity index (χ3v) is 5.97. The van der Waals surface area contributed by atoms with E-state index >= 15 is 0 Å². The van der Waals surface area contributed by atoms with Crippen molar-refractivity contribution in [1.82, 2.24) is 4.98 Å². The minimum absolute atomic E-state index is 0.372. The average molecular weight is 435 g/mol. The summed E-state index contributed by atoms with van der Waals surface area (Å²) in [5.74, 6) is -1.41. The van der Waals surface area contributed by atoms with E-state index in [0.717, 1.165) is 88.0 Å². The Bertz CT molecular complexity index is 860. The second-order valence-corrected chi connectivity index (χ2v) is 8.25. The monoisotopic (exact) mass is 434 g/mol. The van der Waals surface area contributed by atoms with Crippen LogP contribution in [0.25, 0.3) is 0 Å². The predicted molar refractivity (Wildman–Crippen MR) is 116 cm³/mol. The fourth-order valence-corrected chi connectivity index (χ4v) is 4.15. The molecule has 0 bridgehead atoms.